The fourth-order valence-corrected chi connectivity index (χ4v) is 12.6. The Morgan fingerprint density at radius 2 is 0.750 bits per heavy atom. The van der Waals surface area contributed by atoms with Crippen LogP contribution in [0.25, 0.3) is 140 Å². The average Bonchev–Trinajstić information content (AvgIpc) is 4.14. The number of para-hydroxylation sites is 2. The number of hydrogen-bond acceptors (Lipinski definition) is 4. The van der Waals surface area contributed by atoms with Crippen molar-refractivity contribution in [3.05, 3.63) is 206 Å². The first-order chi connectivity index (χ1) is 31.7. The van der Waals surface area contributed by atoms with E-state index in [9.17, 15) is 0 Å². The van der Waals surface area contributed by atoms with Gasteiger partial charge in [-0.2, -0.15) is 0 Å². The van der Waals surface area contributed by atoms with Gasteiger partial charge in [0.15, 0.2) is 0 Å². The van der Waals surface area contributed by atoms with E-state index in [0.717, 1.165) is 38.5 Å². The van der Waals surface area contributed by atoms with Crippen LogP contribution in [0.2, 0.25) is 0 Å². The number of hydrogen-bond donors (Lipinski definition) is 0. The van der Waals surface area contributed by atoms with Crippen molar-refractivity contribution in [2.45, 2.75) is 0 Å². The lowest BCUT2D eigenvalue weighted by molar-refractivity contribution is 0.669. The highest BCUT2D eigenvalue weighted by molar-refractivity contribution is 7.27. The summed E-state index contributed by atoms with van der Waals surface area (Å²) < 4.78 is 18.2. The lowest BCUT2D eigenvalue weighted by atomic mass is 9.91. The lowest BCUT2D eigenvalue weighted by Crippen LogP contribution is -1.87. The van der Waals surface area contributed by atoms with Crippen molar-refractivity contribution in [2.75, 3.05) is 0 Å². The first-order valence-corrected chi connectivity index (χ1v) is 23.3. The molecule has 14 rings (SSSR count). The smallest absolute Gasteiger partial charge is 0.144 e. The van der Waals surface area contributed by atoms with E-state index in [2.05, 4.69) is 194 Å². The maximum atomic E-state index is 6.58. The maximum absolute atomic E-state index is 6.58. The monoisotopic (exact) mass is 850 g/mol. The molecule has 14 aromatic rings. The Labute approximate surface area is 375 Å². The SMILES string of the molecule is c1ccc(-c2cc(-c3ccc(-c4cc5c6ccccc6oc5c5c4sc4ccccc45)cc3)cc(-c3ccc(-c4cc5oc6ccccc6c5c5sc6ccccc6c45)cc3)c2)cc1. The molecule has 0 N–H and O–H groups in total. The Hall–Kier alpha value is -7.76. The van der Waals surface area contributed by atoms with Crippen LogP contribution in [0.4, 0.5) is 0 Å². The van der Waals surface area contributed by atoms with Gasteiger partial charge in [0.2, 0.25) is 0 Å². The molecule has 0 saturated carbocycles. The van der Waals surface area contributed by atoms with Crippen LogP contribution in [0.3, 0.4) is 0 Å². The zero-order chi connectivity index (χ0) is 41.9. The first-order valence-electron chi connectivity index (χ1n) is 21.6. The molecule has 298 valence electrons. The van der Waals surface area contributed by atoms with Gasteiger partial charge in [-0.15, -0.1) is 22.7 Å². The molecule has 64 heavy (non-hydrogen) atoms. The summed E-state index contributed by atoms with van der Waals surface area (Å²) in [7, 11) is 0. The second kappa shape index (κ2) is 13.9. The van der Waals surface area contributed by atoms with Gasteiger partial charge in [-0.05, 0) is 105 Å². The van der Waals surface area contributed by atoms with Gasteiger partial charge in [0.05, 0.1) is 0 Å². The van der Waals surface area contributed by atoms with Gasteiger partial charge in [0, 0.05) is 67.5 Å². The standard InChI is InChI=1S/C60H34O2S2/c1-2-12-35(13-3-1)40-30-41(36-22-26-38(27-23-36)47-34-52-56(44-15-5-9-19-51(44)61-52)60-55(47)45-16-6-10-20-53(45)64-60)32-42(31-40)37-24-28-39(29-25-37)48-33-49-43-14-4-8-18-50(43)62-58(49)57-46-17-7-11-21-54(46)63-59(48)57/h1-34H. The van der Waals surface area contributed by atoms with Crippen LogP contribution in [0.5, 0.6) is 0 Å². The van der Waals surface area contributed by atoms with E-state index in [4.69, 9.17) is 8.83 Å². The van der Waals surface area contributed by atoms with Gasteiger partial charge in [0.1, 0.15) is 22.3 Å². The van der Waals surface area contributed by atoms with Gasteiger partial charge in [0.25, 0.3) is 0 Å². The Morgan fingerprint density at radius 3 is 1.41 bits per heavy atom. The summed E-state index contributed by atoms with van der Waals surface area (Å²) in [5, 5.41) is 9.67. The Kier molecular flexibility index (Phi) is 7.76. The van der Waals surface area contributed by atoms with Crippen LogP contribution >= 0.6 is 22.7 Å². The number of fused-ring (bicyclic) bond motifs is 14. The summed E-state index contributed by atoms with van der Waals surface area (Å²) in [6.07, 6.45) is 0. The summed E-state index contributed by atoms with van der Waals surface area (Å²) in [6.45, 7) is 0. The van der Waals surface area contributed by atoms with Crippen LogP contribution in [0.1, 0.15) is 0 Å². The highest BCUT2D eigenvalue weighted by Gasteiger charge is 2.21. The van der Waals surface area contributed by atoms with Crippen molar-refractivity contribution >= 4 is 107 Å². The predicted molar refractivity (Wildman–Crippen MR) is 274 cm³/mol. The summed E-state index contributed by atoms with van der Waals surface area (Å²) in [5.74, 6) is 0. The lowest BCUT2D eigenvalue weighted by Gasteiger charge is -2.13. The zero-order valence-electron chi connectivity index (χ0n) is 34.3. The molecule has 2 nitrogen and oxygen atoms in total. The third-order valence-corrected chi connectivity index (χ3v) is 15.5. The van der Waals surface area contributed by atoms with Gasteiger partial charge >= 0.3 is 0 Å². The van der Waals surface area contributed by atoms with Crippen LogP contribution in [-0.4, -0.2) is 0 Å². The molecule has 0 aliphatic rings. The molecular formula is C60H34O2S2. The molecule has 0 aliphatic carbocycles. The summed E-state index contributed by atoms with van der Waals surface area (Å²) in [6, 6.07) is 74.9. The van der Waals surface area contributed by atoms with Gasteiger partial charge < -0.3 is 8.83 Å². The molecule has 10 aromatic carbocycles. The first kappa shape index (κ1) is 35.8. The quantitative estimate of drug-likeness (QED) is 0.172. The van der Waals surface area contributed by atoms with Crippen LogP contribution < -0.4 is 0 Å². The van der Waals surface area contributed by atoms with E-state index in [1.54, 1.807) is 0 Å². The minimum atomic E-state index is 0.919. The van der Waals surface area contributed by atoms with E-state index in [0.29, 0.717) is 0 Å². The van der Waals surface area contributed by atoms with Crippen LogP contribution in [0.15, 0.2) is 215 Å². The highest BCUT2D eigenvalue weighted by atomic mass is 32.1. The number of rotatable bonds is 5. The van der Waals surface area contributed by atoms with Crippen molar-refractivity contribution in [3.8, 4) is 55.6 Å². The Morgan fingerprint density at radius 1 is 0.266 bits per heavy atom. The largest absolute Gasteiger partial charge is 0.456 e. The number of thiophene rings is 2. The minimum absolute atomic E-state index is 0.919. The fraction of sp³-hybridized carbons (Fsp3) is 0. The minimum Gasteiger partial charge on any atom is -0.456 e. The van der Waals surface area contributed by atoms with E-state index >= 15 is 0 Å². The molecule has 0 unspecified atom stereocenters. The van der Waals surface area contributed by atoms with Gasteiger partial charge in [-0.3, -0.25) is 0 Å². The fourth-order valence-electron chi connectivity index (χ4n) is 10.0. The van der Waals surface area contributed by atoms with Crippen LogP contribution in [-0.2, 0) is 0 Å². The van der Waals surface area contributed by atoms with Crippen molar-refractivity contribution in [1.82, 2.24) is 0 Å². The Bertz CT molecular complexity index is 4160. The molecule has 4 aromatic heterocycles. The molecule has 0 aliphatic heterocycles. The topological polar surface area (TPSA) is 26.3 Å². The summed E-state index contributed by atoms with van der Waals surface area (Å²) >= 11 is 3.70. The second-order valence-corrected chi connectivity index (χ2v) is 18.8. The number of benzene rings is 10. The maximum Gasteiger partial charge on any atom is 0.144 e. The molecule has 4 heteroatoms. The van der Waals surface area contributed by atoms with Crippen molar-refractivity contribution < 1.29 is 8.83 Å². The van der Waals surface area contributed by atoms with E-state index in [-0.39, 0.29) is 0 Å². The van der Waals surface area contributed by atoms with E-state index < -0.39 is 0 Å². The predicted octanol–water partition coefficient (Wildman–Crippen LogP) is 18.6. The average molecular weight is 851 g/mol. The highest BCUT2D eigenvalue weighted by Crippen LogP contribution is 2.49. The van der Waals surface area contributed by atoms with Gasteiger partial charge in [-0.25, -0.2) is 0 Å². The summed E-state index contributed by atoms with van der Waals surface area (Å²) in [4.78, 5) is 0. The van der Waals surface area contributed by atoms with E-state index in [1.165, 1.54) is 101 Å². The number of furan rings is 2. The third kappa shape index (κ3) is 5.43. The molecule has 0 bridgehead atoms. The molecule has 4 heterocycles. The van der Waals surface area contributed by atoms with E-state index in [1.807, 2.05) is 34.8 Å². The summed E-state index contributed by atoms with van der Waals surface area (Å²) in [5.41, 5.74) is 15.6. The van der Waals surface area contributed by atoms with Crippen molar-refractivity contribution in [3.63, 3.8) is 0 Å². The molecule has 0 atom stereocenters. The molecule has 0 radical (unpaired) electrons. The third-order valence-electron chi connectivity index (χ3n) is 13.1. The molecule has 0 fully saturated rings. The van der Waals surface area contributed by atoms with Gasteiger partial charge in [-0.1, -0.05) is 152 Å². The molecular weight excluding hydrogens is 817 g/mol. The molecule has 0 amide bonds. The zero-order valence-corrected chi connectivity index (χ0v) is 35.9. The normalized spacial score (nSPS) is 12.1. The van der Waals surface area contributed by atoms with Crippen LogP contribution in [0, 0.1) is 0 Å². The molecule has 0 spiro atoms. The molecule has 0 saturated heterocycles. The van der Waals surface area contributed by atoms with Crippen molar-refractivity contribution in [1.29, 1.82) is 0 Å². The Balaban J connectivity index is 0.892. The van der Waals surface area contributed by atoms with Crippen molar-refractivity contribution in [2.24, 2.45) is 0 Å². The second-order valence-electron chi connectivity index (χ2n) is 16.7.